The number of benzene rings is 2. The van der Waals surface area contributed by atoms with Gasteiger partial charge >= 0.3 is 0 Å². The van der Waals surface area contributed by atoms with Crippen molar-refractivity contribution < 1.29 is 9.53 Å². The molecule has 27 heavy (non-hydrogen) atoms. The van der Waals surface area contributed by atoms with E-state index in [0.717, 1.165) is 28.9 Å². The van der Waals surface area contributed by atoms with Crippen molar-refractivity contribution in [2.24, 2.45) is 0 Å². The highest BCUT2D eigenvalue weighted by Gasteiger charge is 2.21. The predicted octanol–water partition coefficient (Wildman–Crippen LogP) is 5.25. The summed E-state index contributed by atoms with van der Waals surface area (Å²) in [7, 11) is 0. The lowest BCUT2D eigenvalue weighted by Crippen LogP contribution is -2.38. The molecule has 0 saturated heterocycles. The third-order valence-corrected chi connectivity index (χ3v) is 5.45. The maximum atomic E-state index is 12.7. The molecule has 1 N–H and O–H groups in total. The monoisotopic (exact) mass is 365 g/mol. The van der Waals surface area contributed by atoms with Crippen molar-refractivity contribution in [2.75, 3.05) is 0 Å². The molecule has 1 aliphatic carbocycles. The second-order valence-corrected chi connectivity index (χ2v) is 8.07. The molecule has 0 radical (unpaired) electrons. The van der Waals surface area contributed by atoms with E-state index in [0.29, 0.717) is 5.92 Å². The van der Waals surface area contributed by atoms with Crippen molar-refractivity contribution in [3.8, 4) is 5.75 Å². The molecule has 0 aliphatic heterocycles. The van der Waals surface area contributed by atoms with Gasteiger partial charge in [0, 0.05) is 0 Å². The third-order valence-electron chi connectivity index (χ3n) is 5.45. The Morgan fingerprint density at radius 3 is 2.48 bits per heavy atom. The van der Waals surface area contributed by atoms with Gasteiger partial charge in [0.05, 0.1) is 6.04 Å². The number of fused-ring (bicyclic) bond motifs is 1. The molecule has 0 bridgehead atoms. The van der Waals surface area contributed by atoms with Gasteiger partial charge in [-0.3, -0.25) is 4.79 Å². The highest BCUT2D eigenvalue weighted by atomic mass is 16.5. The minimum atomic E-state index is -0.541. The van der Waals surface area contributed by atoms with E-state index in [4.69, 9.17) is 4.74 Å². The van der Waals surface area contributed by atoms with Gasteiger partial charge in [-0.1, -0.05) is 44.2 Å². The van der Waals surface area contributed by atoms with E-state index in [1.165, 1.54) is 24.0 Å². The second kappa shape index (κ2) is 8.16. The molecule has 144 valence electrons. The van der Waals surface area contributed by atoms with Crippen LogP contribution in [0.25, 0.3) is 0 Å². The Kier molecular flexibility index (Phi) is 5.88. The number of ether oxygens (including phenoxy) is 1. The van der Waals surface area contributed by atoms with E-state index in [2.05, 4.69) is 49.5 Å². The normalized spacial score (nSPS) is 15.3. The molecule has 3 nitrogen and oxygen atoms in total. The Bertz CT molecular complexity index is 825. The van der Waals surface area contributed by atoms with Gasteiger partial charge in [-0.15, -0.1) is 0 Å². The fraction of sp³-hybridized carbons (Fsp3) is 0.458. The number of amides is 1. The van der Waals surface area contributed by atoms with Gasteiger partial charge in [-0.25, -0.2) is 0 Å². The maximum Gasteiger partial charge on any atom is 0.261 e. The minimum absolute atomic E-state index is 0.0310. The lowest BCUT2D eigenvalue weighted by atomic mass is 10.0. The fourth-order valence-electron chi connectivity index (χ4n) is 3.74. The summed E-state index contributed by atoms with van der Waals surface area (Å²) in [6.45, 7) is 10.2. The standard InChI is InChI=1S/C24H31NO2/c1-15(2)22-12-9-16(3)13-23(22)27-18(5)24(26)25-17(4)20-11-10-19-7-6-8-21(19)14-20/h9-15,17-18H,6-8H2,1-5H3,(H,25,26)/t17-,18+/m1/s1. The zero-order valence-corrected chi connectivity index (χ0v) is 17.1. The molecule has 0 fully saturated rings. The van der Waals surface area contributed by atoms with E-state index in [9.17, 15) is 4.79 Å². The molecule has 1 amide bonds. The van der Waals surface area contributed by atoms with Crippen LogP contribution in [0.5, 0.6) is 5.75 Å². The lowest BCUT2D eigenvalue weighted by molar-refractivity contribution is -0.127. The van der Waals surface area contributed by atoms with Crippen molar-refractivity contribution in [3.05, 3.63) is 64.2 Å². The van der Waals surface area contributed by atoms with Crippen LogP contribution in [-0.2, 0) is 17.6 Å². The van der Waals surface area contributed by atoms with Crippen molar-refractivity contribution >= 4 is 5.91 Å². The first-order chi connectivity index (χ1) is 12.8. The molecular formula is C24H31NO2. The summed E-state index contributed by atoms with van der Waals surface area (Å²) in [5.41, 5.74) is 6.31. The lowest BCUT2D eigenvalue weighted by Gasteiger charge is -2.22. The molecule has 0 spiro atoms. The first-order valence-corrected chi connectivity index (χ1v) is 10.0. The van der Waals surface area contributed by atoms with Crippen molar-refractivity contribution in [3.63, 3.8) is 0 Å². The van der Waals surface area contributed by atoms with Gasteiger partial charge in [0.15, 0.2) is 6.10 Å². The van der Waals surface area contributed by atoms with E-state index < -0.39 is 6.10 Å². The van der Waals surface area contributed by atoms with Crippen LogP contribution in [0.4, 0.5) is 0 Å². The van der Waals surface area contributed by atoms with Gasteiger partial charge in [0.1, 0.15) is 5.75 Å². The third kappa shape index (κ3) is 4.52. The largest absolute Gasteiger partial charge is 0.481 e. The first-order valence-electron chi connectivity index (χ1n) is 10.0. The van der Waals surface area contributed by atoms with Crippen LogP contribution < -0.4 is 10.1 Å². The van der Waals surface area contributed by atoms with Crippen molar-refractivity contribution in [1.29, 1.82) is 0 Å². The van der Waals surface area contributed by atoms with Gasteiger partial charge in [-0.05, 0) is 79.8 Å². The quantitative estimate of drug-likeness (QED) is 0.759. The Morgan fingerprint density at radius 1 is 1.00 bits per heavy atom. The SMILES string of the molecule is Cc1ccc(C(C)C)c(O[C@@H](C)C(=O)N[C@H](C)c2ccc3c(c2)CCC3)c1. The number of hydrogen-bond donors (Lipinski definition) is 1. The molecule has 1 aliphatic rings. The Morgan fingerprint density at radius 2 is 1.74 bits per heavy atom. The predicted molar refractivity (Wildman–Crippen MR) is 110 cm³/mol. The molecule has 0 unspecified atom stereocenters. The van der Waals surface area contributed by atoms with E-state index in [-0.39, 0.29) is 11.9 Å². The fourth-order valence-corrected chi connectivity index (χ4v) is 3.74. The first kappa shape index (κ1) is 19.5. The summed E-state index contributed by atoms with van der Waals surface area (Å²) in [5, 5.41) is 3.11. The van der Waals surface area contributed by atoms with E-state index >= 15 is 0 Å². The second-order valence-electron chi connectivity index (χ2n) is 8.07. The summed E-state index contributed by atoms with van der Waals surface area (Å²) in [4.78, 5) is 12.7. The summed E-state index contributed by atoms with van der Waals surface area (Å²) < 4.78 is 6.05. The van der Waals surface area contributed by atoms with Crippen LogP contribution in [-0.4, -0.2) is 12.0 Å². The molecule has 0 aromatic heterocycles. The van der Waals surface area contributed by atoms with Crippen molar-refractivity contribution in [2.45, 2.75) is 71.9 Å². The number of hydrogen-bond acceptors (Lipinski definition) is 2. The highest BCUT2D eigenvalue weighted by molar-refractivity contribution is 5.81. The smallest absolute Gasteiger partial charge is 0.261 e. The van der Waals surface area contributed by atoms with Crippen molar-refractivity contribution in [1.82, 2.24) is 5.32 Å². The maximum absolute atomic E-state index is 12.7. The average Bonchev–Trinajstić information content (AvgIpc) is 3.09. The van der Waals surface area contributed by atoms with Gasteiger partial charge in [0.25, 0.3) is 5.91 Å². The average molecular weight is 366 g/mol. The Labute approximate surface area is 163 Å². The number of rotatable bonds is 6. The minimum Gasteiger partial charge on any atom is -0.481 e. The Balaban J connectivity index is 1.66. The number of carbonyl (C=O) groups excluding carboxylic acids is 1. The molecule has 2 aromatic carbocycles. The van der Waals surface area contributed by atoms with Crippen LogP contribution in [0, 0.1) is 6.92 Å². The van der Waals surface area contributed by atoms with Gasteiger partial charge < -0.3 is 10.1 Å². The van der Waals surface area contributed by atoms with E-state index in [1.54, 1.807) is 0 Å². The number of aryl methyl sites for hydroxylation is 3. The van der Waals surface area contributed by atoms with E-state index in [1.807, 2.05) is 26.8 Å². The zero-order valence-electron chi connectivity index (χ0n) is 17.1. The van der Waals surface area contributed by atoms with Gasteiger partial charge in [0.2, 0.25) is 0 Å². The molecule has 2 aromatic rings. The molecule has 3 heteroatoms. The molecule has 2 atom stereocenters. The molecule has 0 saturated carbocycles. The Hall–Kier alpha value is -2.29. The molecular weight excluding hydrogens is 334 g/mol. The summed E-state index contributed by atoms with van der Waals surface area (Å²) in [6.07, 6.45) is 3.02. The number of nitrogens with one attached hydrogen (secondary N) is 1. The van der Waals surface area contributed by atoms with Crippen LogP contribution in [0.1, 0.15) is 73.9 Å². The van der Waals surface area contributed by atoms with Crippen LogP contribution in [0.3, 0.4) is 0 Å². The van der Waals surface area contributed by atoms with Crippen LogP contribution >= 0.6 is 0 Å². The zero-order chi connectivity index (χ0) is 19.6. The highest BCUT2D eigenvalue weighted by Crippen LogP contribution is 2.29. The van der Waals surface area contributed by atoms with Gasteiger partial charge in [-0.2, -0.15) is 0 Å². The summed E-state index contributed by atoms with van der Waals surface area (Å²) in [5.74, 6) is 1.07. The van der Waals surface area contributed by atoms with Crippen LogP contribution in [0.15, 0.2) is 36.4 Å². The topological polar surface area (TPSA) is 38.3 Å². The molecule has 3 rings (SSSR count). The summed E-state index contributed by atoms with van der Waals surface area (Å²) in [6, 6.07) is 12.8. The summed E-state index contributed by atoms with van der Waals surface area (Å²) >= 11 is 0. The number of carbonyl (C=O) groups is 1. The van der Waals surface area contributed by atoms with Crippen LogP contribution in [0.2, 0.25) is 0 Å². The molecule has 0 heterocycles.